The molecule has 3 rings (SSSR count). The molecule has 158 valence electrons. The van der Waals surface area contributed by atoms with Crippen LogP contribution in [0, 0.1) is 5.82 Å². The molecular weight excluding hydrogens is 409 g/mol. The summed E-state index contributed by atoms with van der Waals surface area (Å²) in [5.41, 5.74) is 0.568. The van der Waals surface area contributed by atoms with E-state index in [1.165, 1.54) is 36.4 Å². The number of carbonyl (C=O) groups is 1. The topological polar surface area (TPSA) is 91.7 Å². The third kappa shape index (κ3) is 5.25. The van der Waals surface area contributed by atoms with Crippen LogP contribution in [0.1, 0.15) is 22.2 Å². The molecule has 0 aliphatic carbocycles. The summed E-state index contributed by atoms with van der Waals surface area (Å²) in [6.45, 7) is 0.325. The zero-order chi connectivity index (χ0) is 21.7. The molecule has 1 atom stereocenters. The molecular formula is C21H22FN3O4S. The molecule has 9 heteroatoms. The summed E-state index contributed by atoms with van der Waals surface area (Å²) < 4.78 is 45.7. The van der Waals surface area contributed by atoms with Gasteiger partial charge in [-0.15, -0.1) is 0 Å². The molecule has 0 aliphatic rings. The Balaban J connectivity index is 1.65. The monoisotopic (exact) mass is 431 g/mol. The Kier molecular flexibility index (Phi) is 6.53. The average Bonchev–Trinajstić information content (AvgIpc) is 3.24. The summed E-state index contributed by atoms with van der Waals surface area (Å²) >= 11 is 0. The highest BCUT2D eigenvalue weighted by Gasteiger charge is 2.19. The van der Waals surface area contributed by atoms with E-state index < -0.39 is 15.8 Å². The molecule has 2 aromatic carbocycles. The molecule has 1 unspecified atom stereocenters. The van der Waals surface area contributed by atoms with Crippen LogP contribution in [-0.4, -0.2) is 39.9 Å². The fraction of sp³-hybridized carbons (Fsp3) is 0.190. The predicted molar refractivity (Wildman–Crippen MR) is 111 cm³/mol. The number of hydrogen-bond acceptors (Lipinski definition) is 5. The van der Waals surface area contributed by atoms with Gasteiger partial charge < -0.3 is 9.73 Å². The Morgan fingerprint density at radius 3 is 2.30 bits per heavy atom. The number of carbonyl (C=O) groups excluding carboxylic acids is 1. The number of hydrogen-bond donors (Lipinski definition) is 2. The maximum absolute atomic E-state index is 13.0. The molecule has 1 aromatic heterocycles. The quantitative estimate of drug-likeness (QED) is 0.571. The molecule has 0 radical (unpaired) electrons. The van der Waals surface area contributed by atoms with Crippen LogP contribution in [0.25, 0.3) is 0 Å². The standard InChI is InChI=1S/C21H22FN3O4S/c1-25(2)19(20-4-3-13-29-20)14-23-21(26)15-5-11-18(12-6-15)30(27,28)24-17-9-7-16(22)8-10-17/h3-13,19,24H,14H2,1-2H3,(H,23,26). The minimum atomic E-state index is -3.86. The van der Waals surface area contributed by atoms with Crippen LogP contribution in [0.4, 0.5) is 10.1 Å². The first kappa shape index (κ1) is 21.5. The summed E-state index contributed by atoms with van der Waals surface area (Å²) in [5, 5.41) is 2.83. The van der Waals surface area contributed by atoms with Crippen LogP contribution >= 0.6 is 0 Å². The van der Waals surface area contributed by atoms with Gasteiger partial charge in [-0.3, -0.25) is 14.4 Å². The lowest BCUT2D eigenvalue weighted by atomic mass is 10.2. The number of nitrogens with one attached hydrogen (secondary N) is 2. The Hall–Kier alpha value is -3.17. The summed E-state index contributed by atoms with van der Waals surface area (Å²) in [5.74, 6) is -0.0608. The average molecular weight is 431 g/mol. The molecule has 0 saturated carbocycles. The Morgan fingerprint density at radius 2 is 1.73 bits per heavy atom. The third-order valence-electron chi connectivity index (χ3n) is 4.47. The van der Waals surface area contributed by atoms with E-state index in [9.17, 15) is 17.6 Å². The number of halogens is 1. The van der Waals surface area contributed by atoms with Crippen molar-refractivity contribution in [2.24, 2.45) is 0 Å². The number of amides is 1. The molecule has 0 bridgehead atoms. The van der Waals surface area contributed by atoms with Gasteiger partial charge in [0.1, 0.15) is 11.6 Å². The van der Waals surface area contributed by atoms with E-state index in [4.69, 9.17) is 4.42 Å². The summed E-state index contributed by atoms with van der Waals surface area (Å²) in [6, 6.07) is 14.0. The largest absolute Gasteiger partial charge is 0.468 e. The van der Waals surface area contributed by atoms with Gasteiger partial charge in [0, 0.05) is 17.8 Å². The molecule has 1 amide bonds. The second-order valence-corrected chi connectivity index (χ2v) is 8.52. The molecule has 7 nitrogen and oxygen atoms in total. The van der Waals surface area contributed by atoms with Gasteiger partial charge in [-0.1, -0.05) is 0 Å². The van der Waals surface area contributed by atoms with Crippen molar-refractivity contribution in [2.45, 2.75) is 10.9 Å². The number of sulfonamides is 1. The van der Waals surface area contributed by atoms with Crippen LogP contribution in [0.5, 0.6) is 0 Å². The van der Waals surface area contributed by atoms with Crippen LogP contribution in [-0.2, 0) is 10.0 Å². The van der Waals surface area contributed by atoms with Gasteiger partial charge in [0.15, 0.2) is 0 Å². The molecule has 0 spiro atoms. The van der Waals surface area contributed by atoms with Crippen molar-refractivity contribution in [3.8, 4) is 0 Å². The Morgan fingerprint density at radius 1 is 1.07 bits per heavy atom. The number of furan rings is 1. The number of nitrogens with zero attached hydrogens (tertiary/aromatic N) is 1. The molecule has 2 N–H and O–H groups in total. The summed E-state index contributed by atoms with van der Waals surface area (Å²) in [6.07, 6.45) is 1.58. The van der Waals surface area contributed by atoms with Crippen molar-refractivity contribution in [3.05, 3.63) is 84.1 Å². The number of benzene rings is 2. The number of likely N-dealkylation sites (N-methyl/N-ethyl adjacent to an activating group) is 1. The van der Waals surface area contributed by atoms with Gasteiger partial charge in [0.05, 0.1) is 17.2 Å². The lowest BCUT2D eigenvalue weighted by Crippen LogP contribution is -2.34. The molecule has 1 heterocycles. The van der Waals surface area contributed by atoms with E-state index in [1.54, 1.807) is 12.3 Å². The zero-order valence-corrected chi connectivity index (χ0v) is 17.3. The highest BCUT2D eigenvalue weighted by atomic mass is 32.2. The minimum Gasteiger partial charge on any atom is -0.468 e. The van der Waals surface area contributed by atoms with E-state index in [0.717, 1.165) is 17.9 Å². The lowest BCUT2D eigenvalue weighted by Gasteiger charge is -2.22. The van der Waals surface area contributed by atoms with E-state index >= 15 is 0 Å². The second kappa shape index (κ2) is 9.10. The van der Waals surface area contributed by atoms with Crippen molar-refractivity contribution >= 4 is 21.6 Å². The van der Waals surface area contributed by atoms with Gasteiger partial charge in [-0.05, 0) is 74.8 Å². The van der Waals surface area contributed by atoms with Crippen molar-refractivity contribution in [1.29, 1.82) is 0 Å². The van der Waals surface area contributed by atoms with Gasteiger partial charge in [0.25, 0.3) is 15.9 Å². The van der Waals surface area contributed by atoms with Crippen molar-refractivity contribution in [1.82, 2.24) is 10.2 Å². The number of rotatable bonds is 8. The first-order valence-electron chi connectivity index (χ1n) is 9.13. The fourth-order valence-corrected chi connectivity index (χ4v) is 3.89. The van der Waals surface area contributed by atoms with E-state index in [-0.39, 0.29) is 22.5 Å². The van der Waals surface area contributed by atoms with Gasteiger partial charge in [-0.2, -0.15) is 0 Å². The van der Waals surface area contributed by atoms with Crippen LogP contribution in [0.15, 0.2) is 76.2 Å². The van der Waals surface area contributed by atoms with E-state index in [2.05, 4.69) is 10.0 Å². The van der Waals surface area contributed by atoms with Gasteiger partial charge in [0.2, 0.25) is 0 Å². The molecule has 30 heavy (non-hydrogen) atoms. The maximum atomic E-state index is 13.0. The normalized spacial score (nSPS) is 12.5. The van der Waals surface area contributed by atoms with Crippen molar-refractivity contribution < 1.29 is 22.0 Å². The Bertz CT molecular complexity index is 1080. The first-order valence-corrected chi connectivity index (χ1v) is 10.6. The predicted octanol–water partition coefficient (Wildman–Crippen LogP) is 3.25. The highest BCUT2D eigenvalue weighted by molar-refractivity contribution is 7.92. The molecule has 0 saturated heterocycles. The second-order valence-electron chi connectivity index (χ2n) is 6.84. The Labute approximate surface area is 174 Å². The van der Waals surface area contributed by atoms with Crippen molar-refractivity contribution in [2.75, 3.05) is 25.4 Å². The highest BCUT2D eigenvalue weighted by Crippen LogP contribution is 2.19. The van der Waals surface area contributed by atoms with Crippen LogP contribution in [0.3, 0.4) is 0 Å². The van der Waals surface area contributed by atoms with E-state index in [0.29, 0.717) is 12.1 Å². The third-order valence-corrected chi connectivity index (χ3v) is 5.87. The van der Waals surface area contributed by atoms with Crippen molar-refractivity contribution in [3.63, 3.8) is 0 Å². The lowest BCUT2D eigenvalue weighted by molar-refractivity contribution is 0.0939. The number of anilines is 1. The minimum absolute atomic E-state index is 0.00914. The van der Waals surface area contributed by atoms with Gasteiger partial charge >= 0.3 is 0 Å². The van der Waals surface area contributed by atoms with E-state index in [1.807, 2.05) is 25.1 Å². The van der Waals surface area contributed by atoms with Gasteiger partial charge in [-0.25, -0.2) is 12.8 Å². The zero-order valence-electron chi connectivity index (χ0n) is 16.5. The maximum Gasteiger partial charge on any atom is 0.261 e. The molecule has 0 fully saturated rings. The summed E-state index contributed by atoms with van der Waals surface area (Å²) in [7, 11) is -0.0943. The van der Waals surface area contributed by atoms with Crippen LogP contribution < -0.4 is 10.0 Å². The molecule has 0 aliphatic heterocycles. The fourth-order valence-electron chi connectivity index (χ4n) is 2.83. The molecule has 3 aromatic rings. The SMILES string of the molecule is CN(C)C(CNC(=O)c1ccc(S(=O)(=O)Nc2ccc(F)cc2)cc1)c1ccco1. The first-order chi connectivity index (χ1) is 14.3. The summed E-state index contributed by atoms with van der Waals surface area (Å²) in [4.78, 5) is 14.4. The van der Waals surface area contributed by atoms with Crippen LogP contribution in [0.2, 0.25) is 0 Å². The smallest absolute Gasteiger partial charge is 0.261 e.